The normalized spacial score (nSPS) is 10.1. The molecule has 2 rings (SSSR count). The number of benzene rings is 2. The SMILES string of the molecule is [N]c1ccc(CCc2ccccc2)cc1. The molecule has 0 unspecified atom stereocenters. The maximum Gasteiger partial charge on any atom is 0.0857 e. The van der Waals surface area contributed by atoms with E-state index < -0.39 is 0 Å². The zero-order valence-corrected chi connectivity index (χ0v) is 8.56. The van der Waals surface area contributed by atoms with Crippen LogP contribution in [0.25, 0.3) is 0 Å². The van der Waals surface area contributed by atoms with Crippen molar-refractivity contribution in [2.45, 2.75) is 12.8 Å². The predicted octanol–water partition coefficient (Wildman–Crippen LogP) is 3.17. The summed E-state index contributed by atoms with van der Waals surface area (Å²) >= 11 is 0. The minimum Gasteiger partial charge on any atom is -0.151 e. The number of rotatable bonds is 3. The van der Waals surface area contributed by atoms with E-state index in [2.05, 4.69) is 24.3 Å². The Bertz CT molecular complexity index is 403. The molecule has 0 N–H and O–H groups in total. The summed E-state index contributed by atoms with van der Waals surface area (Å²) in [6, 6.07) is 17.8. The Morgan fingerprint density at radius 2 is 1.20 bits per heavy atom. The Hall–Kier alpha value is -1.76. The van der Waals surface area contributed by atoms with Crippen molar-refractivity contribution in [2.24, 2.45) is 0 Å². The van der Waals surface area contributed by atoms with Crippen LogP contribution in [0.5, 0.6) is 0 Å². The average Bonchev–Trinajstić information content (AvgIpc) is 2.30. The van der Waals surface area contributed by atoms with Crippen molar-refractivity contribution in [3.8, 4) is 0 Å². The second kappa shape index (κ2) is 4.65. The van der Waals surface area contributed by atoms with Crippen LogP contribution in [0.3, 0.4) is 0 Å². The second-order valence-electron chi connectivity index (χ2n) is 3.65. The highest BCUT2D eigenvalue weighted by atomic mass is 14.5. The van der Waals surface area contributed by atoms with Gasteiger partial charge in [-0.3, -0.25) is 0 Å². The molecule has 0 fully saturated rings. The lowest BCUT2D eigenvalue weighted by Crippen LogP contribution is -1.90. The van der Waals surface area contributed by atoms with Crippen molar-refractivity contribution < 1.29 is 0 Å². The van der Waals surface area contributed by atoms with Crippen LogP contribution in [-0.4, -0.2) is 0 Å². The maximum atomic E-state index is 9.14. The minimum atomic E-state index is 0.332. The molecule has 0 aromatic heterocycles. The molecule has 0 aliphatic rings. The van der Waals surface area contributed by atoms with E-state index in [4.69, 9.17) is 5.73 Å². The monoisotopic (exact) mass is 195 g/mol. The summed E-state index contributed by atoms with van der Waals surface area (Å²) in [5.74, 6) is 0. The lowest BCUT2D eigenvalue weighted by Gasteiger charge is -2.01. The third-order valence-electron chi connectivity index (χ3n) is 2.48. The summed E-state index contributed by atoms with van der Waals surface area (Å²) in [6.45, 7) is 0. The molecule has 0 heterocycles. The van der Waals surface area contributed by atoms with Gasteiger partial charge in [0.2, 0.25) is 0 Å². The van der Waals surface area contributed by atoms with Crippen LogP contribution in [0.1, 0.15) is 11.1 Å². The van der Waals surface area contributed by atoms with Crippen LogP contribution in [-0.2, 0) is 12.8 Å². The summed E-state index contributed by atoms with van der Waals surface area (Å²) in [4.78, 5) is 0. The summed E-state index contributed by atoms with van der Waals surface area (Å²) in [6.07, 6.45) is 2.07. The molecular weight excluding hydrogens is 182 g/mol. The smallest absolute Gasteiger partial charge is 0.0857 e. The molecule has 15 heavy (non-hydrogen) atoms. The Morgan fingerprint density at radius 1 is 0.667 bits per heavy atom. The lowest BCUT2D eigenvalue weighted by atomic mass is 10.0. The van der Waals surface area contributed by atoms with Crippen LogP contribution in [0.15, 0.2) is 54.6 Å². The first-order valence-corrected chi connectivity index (χ1v) is 5.16. The van der Waals surface area contributed by atoms with Gasteiger partial charge in [0.1, 0.15) is 0 Å². The van der Waals surface area contributed by atoms with Gasteiger partial charge in [0.15, 0.2) is 0 Å². The van der Waals surface area contributed by atoms with Crippen LogP contribution >= 0.6 is 0 Å². The molecule has 0 bridgehead atoms. The van der Waals surface area contributed by atoms with E-state index in [1.807, 2.05) is 18.2 Å². The van der Waals surface area contributed by atoms with Gasteiger partial charge in [0.25, 0.3) is 0 Å². The van der Waals surface area contributed by atoms with Crippen molar-refractivity contribution >= 4 is 5.69 Å². The van der Waals surface area contributed by atoms with Gasteiger partial charge >= 0.3 is 0 Å². The molecule has 0 saturated carbocycles. The highest BCUT2D eigenvalue weighted by molar-refractivity contribution is 5.36. The average molecular weight is 195 g/mol. The van der Waals surface area contributed by atoms with E-state index in [0.29, 0.717) is 5.69 Å². The van der Waals surface area contributed by atoms with Gasteiger partial charge in [-0.15, -0.1) is 0 Å². The van der Waals surface area contributed by atoms with Crippen molar-refractivity contribution in [2.75, 3.05) is 0 Å². The van der Waals surface area contributed by atoms with Crippen LogP contribution in [0.4, 0.5) is 5.69 Å². The van der Waals surface area contributed by atoms with E-state index in [1.165, 1.54) is 11.1 Å². The molecule has 2 aromatic carbocycles. The first kappa shape index (κ1) is 9.78. The molecule has 1 nitrogen and oxygen atoms in total. The Morgan fingerprint density at radius 3 is 1.80 bits per heavy atom. The molecule has 74 valence electrons. The Balaban J connectivity index is 1.96. The molecule has 0 aliphatic heterocycles. The standard InChI is InChI=1S/C14H13N/c15-14-10-8-13(9-11-14)7-6-12-4-2-1-3-5-12/h1-5,8-11H,6-7H2. The molecule has 0 aliphatic carbocycles. The highest BCUT2D eigenvalue weighted by Crippen LogP contribution is 2.10. The molecule has 0 atom stereocenters. The predicted molar refractivity (Wildman–Crippen MR) is 62.1 cm³/mol. The highest BCUT2D eigenvalue weighted by Gasteiger charge is 1.95. The summed E-state index contributed by atoms with van der Waals surface area (Å²) in [7, 11) is 0. The summed E-state index contributed by atoms with van der Waals surface area (Å²) in [5.41, 5.74) is 12.1. The molecule has 2 radical (unpaired) electrons. The zero-order valence-electron chi connectivity index (χ0n) is 8.56. The first-order valence-electron chi connectivity index (χ1n) is 5.16. The van der Waals surface area contributed by atoms with Gasteiger partial charge in [0, 0.05) is 0 Å². The van der Waals surface area contributed by atoms with Crippen LogP contribution < -0.4 is 5.73 Å². The van der Waals surface area contributed by atoms with Gasteiger partial charge in [0.05, 0.1) is 5.69 Å². The first-order chi connectivity index (χ1) is 7.34. The molecule has 0 amide bonds. The maximum absolute atomic E-state index is 9.14. The van der Waals surface area contributed by atoms with Crippen molar-refractivity contribution in [1.29, 1.82) is 0 Å². The third-order valence-corrected chi connectivity index (χ3v) is 2.48. The van der Waals surface area contributed by atoms with E-state index in [0.717, 1.165) is 12.8 Å². The van der Waals surface area contributed by atoms with Gasteiger partial charge in [-0.2, -0.15) is 5.73 Å². The van der Waals surface area contributed by atoms with E-state index in [1.54, 1.807) is 12.1 Å². The Labute approximate surface area is 90.6 Å². The van der Waals surface area contributed by atoms with Gasteiger partial charge in [-0.1, -0.05) is 42.5 Å². The van der Waals surface area contributed by atoms with Crippen LogP contribution in [0.2, 0.25) is 0 Å². The van der Waals surface area contributed by atoms with Gasteiger partial charge in [-0.25, -0.2) is 0 Å². The molecule has 2 aromatic rings. The fraction of sp³-hybridized carbons (Fsp3) is 0.143. The third kappa shape index (κ3) is 2.84. The fourth-order valence-corrected chi connectivity index (χ4v) is 1.60. The molecule has 0 saturated heterocycles. The van der Waals surface area contributed by atoms with Crippen molar-refractivity contribution in [3.05, 3.63) is 65.7 Å². The fourth-order valence-electron chi connectivity index (χ4n) is 1.60. The lowest BCUT2D eigenvalue weighted by molar-refractivity contribution is 0.960. The van der Waals surface area contributed by atoms with Gasteiger partial charge < -0.3 is 0 Å². The quantitative estimate of drug-likeness (QED) is 0.717. The molecule has 0 spiro atoms. The summed E-state index contributed by atoms with van der Waals surface area (Å²) < 4.78 is 0. The number of hydrogen-bond donors (Lipinski definition) is 0. The van der Waals surface area contributed by atoms with Crippen molar-refractivity contribution in [3.63, 3.8) is 0 Å². The van der Waals surface area contributed by atoms with Crippen LogP contribution in [0, 0.1) is 0 Å². The molecule has 1 heteroatoms. The summed E-state index contributed by atoms with van der Waals surface area (Å²) in [5, 5.41) is 0. The topological polar surface area (TPSA) is 22.3 Å². The number of aryl methyl sites for hydroxylation is 2. The number of hydrogen-bond acceptors (Lipinski definition) is 0. The van der Waals surface area contributed by atoms with E-state index in [9.17, 15) is 0 Å². The van der Waals surface area contributed by atoms with Gasteiger partial charge in [-0.05, 0) is 36.1 Å². The molecular formula is C14H13N. The second-order valence-corrected chi connectivity index (χ2v) is 3.65. The van der Waals surface area contributed by atoms with Crippen molar-refractivity contribution in [1.82, 2.24) is 5.73 Å². The zero-order chi connectivity index (χ0) is 10.5. The number of nitrogens with zero attached hydrogens (tertiary/aromatic N) is 1. The van der Waals surface area contributed by atoms with E-state index >= 15 is 0 Å². The Kier molecular flexibility index (Phi) is 3.03. The van der Waals surface area contributed by atoms with E-state index in [-0.39, 0.29) is 0 Å². The largest absolute Gasteiger partial charge is 0.151 e. The minimum absolute atomic E-state index is 0.332.